The Labute approximate surface area is 136 Å². The lowest BCUT2D eigenvalue weighted by Gasteiger charge is -2.21. The van der Waals surface area contributed by atoms with Gasteiger partial charge in [0.25, 0.3) is 0 Å². The van der Waals surface area contributed by atoms with Crippen LogP contribution in [0.1, 0.15) is 19.4 Å². The number of benzene rings is 1. The summed E-state index contributed by atoms with van der Waals surface area (Å²) < 4.78 is 5.58. The van der Waals surface area contributed by atoms with Crippen LogP contribution in [0, 0.1) is 0 Å². The summed E-state index contributed by atoms with van der Waals surface area (Å²) in [5.41, 5.74) is 2.98. The molecule has 120 valence electrons. The smallest absolute Gasteiger partial charge is 0.344 e. The zero-order valence-corrected chi connectivity index (χ0v) is 13.9. The minimum atomic E-state index is -0.283. The fraction of sp³-hybridized carbons (Fsp3) is 0.316. The van der Waals surface area contributed by atoms with Gasteiger partial charge in [-0.3, -0.25) is 0 Å². The van der Waals surface area contributed by atoms with E-state index in [9.17, 15) is 4.79 Å². The number of allylic oxidation sites excluding steroid dienone is 2. The Hall–Kier alpha value is -2.49. The molecule has 0 amide bonds. The minimum Gasteiger partial charge on any atom is -0.422 e. The van der Waals surface area contributed by atoms with Crippen LogP contribution in [0.5, 0.6) is 0 Å². The molecule has 0 atom stereocenters. The molecule has 3 rings (SSSR count). The molecule has 0 radical (unpaired) electrons. The maximum Gasteiger partial charge on any atom is 0.344 e. The summed E-state index contributed by atoms with van der Waals surface area (Å²) in [4.78, 5) is 16.7. The van der Waals surface area contributed by atoms with Crippen molar-refractivity contribution in [3.63, 3.8) is 0 Å². The van der Waals surface area contributed by atoms with E-state index in [-0.39, 0.29) is 5.63 Å². The summed E-state index contributed by atoms with van der Waals surface area (Å²) in [6.07, 6.45) is 5.97. The molecule has 1 aliphatic heterocycles. The molecule has 1 aromatic carbocycles. The molecule has 0 bridgehead atoms. The number of likely N-dealkylation sites (N-methyl/N-ethyl adjacent to an activating group) is 1. The van der Waals surface area contributed by atoms with E-state index in [1.165, 1.54) is 0 Å². The van der Waals surface area contributed by atoms with Crippen LogP contribution in [0.25, 0.3) is 16.5 Å². The molecule has 0 saturated carbocycles. The lowest BCUT2D eigenvalue weighted by atomic mass is 10.0. The highest BCUT2D eigenvalue weighted by Crippen LogP contribution is 2.24. The first-order valence-electron chi connectivity index (χ1n) is 8.04. The fourth-order valence-corrected chi connectivity index (χ4v) is 2.87. The maximum atomic E-state index is 12.4. The highest BCUT2D eigenvalue weighted by atomic mass is 16.4. The van der Waals surface area contributed by atoms with Crippen molar-refractivity contribution in [2.75, 3.05) is 31.6 Å². The van der Waals surface area contributed by atoms with E-state index in [0.717, 1.165) is 36.3 Å². The molecule has 0 fully saturated rings. The first-order chi connectivity index (χ1) is 11.1. The fourth-order valence-electron chi connectivity index (χ4n) is 2.87. The number of anilines is 1. The lowest BCUT2D eigenvalue weighted by molar-refractivity contribution is 0.505. The van der Waals surface area contributed by atoms with Gasteiger partial charge in [-0.15, -0.1) is 0 Å². The van der Waals surface area contributed by atoms with Gasteiger partial charge < -0.3 is 14.2 Å². The molecule has 2 heterocycles. The third-order valence-corrected chi connectivity index (χ3v) is 4.27. The Balaban J connectivity index is 2.05. The molecule has 1 aromatic heterocycles. The van der Waals surface area contributed by atoms with Crippen LogP contribution in [0.2, 0.25) is 0 Å². The third-order valence-electron chi connectivity index (χ3n) is 4.27. The summed E-state index contributed by atoms with van der Waals surface area (Å²) in [5.74, 6) is 0. The van der Waals surface area contributed by atoms with E-state index in [1.807, 2.05) is 43.6 Å². The molecule has 0 aliphatic carbocycles. The van der Waals surface area contributed by atoms with Crippen molar-refractivity contribution >= 4 is 22.2 Å². The second-order valence-corrected chi connectivity index (χ2v) is 5.76. The van der Waals surface area contributed by atoms with E-state index in [0.29, 0.717) is 11.1 Å². The first kappa shape index (κ1) is 15.4. The van der Waals surface area contributed by atoms with Crippen molar-refractivity contribution in [1.29, 1.82) is 0 Å². The number of nitrogens with zero attached hydrogens (tertiary/aromatic N) is 2. The van der Waals surface area contributed by atoms with Crippen LogP contribution in [0.3, 0.4) is 0 Å². The SMILES string of the molecule is CCN(CC)c1ccc2cc(C3=CCN(C)C=C3)c(=O)oc2c1. The summed E-state index contributed by atoms with van der Waals surface area (Å²) >= 11 is 0. The number of hydrogen-bond acceptors (Lipinski definition) is 4. The molecule has 4 heteroatoms. The van der Waals surface area contributed by atoms with Crippen molar-refractivity contribution in [2.24, 2.45) is 0 Å². The minimum absolute atomic E-state index is 0.283. The number of fused-ring (bicyclic) bond motifs is 1. The summed E-state index contributed by atoms with van der Waals surface area (Å²) in [6.45, 7) is 6.88. The Morgan fingerprint density at radius 2 is 2.00 bits per heavy atom. The van der Waals surface area contributed by atoms with Crippen molar-refractivity contribution in [2.45, 2.75) is 13.8 Å². The molecule has 0 N–H and O–H groups in total. The van der Waals surface area contributed by atoms with Gasteiger partial charge in [0.1, 0.15) is 5.58 Å². The summed E-state index contributed by atoms with van der Waals surface area (Å²) in [7, 11) is 2.00. The Morgan fingerprint density at radius 1 is 1.22 bits per heavy atom. The average Bonchev–Trinajstić information content (AvgIpc) is 2.56. The quantitative estimate of drug-likeness (QED) is 0.810. The Bertz CT molecular complexity index is 829. The van der Waals surface area contributed by atoms with E-state index in [4.69, 9.17) is 4.42 Å². The zero-order chi connectivity index (χ0) is 16.4. The van der Waals surface area contributed by atoms with Crippen LogP contribution in [0.15, 0.2) is 51.8 Å². The normalized spacial score (nSPS) is 14.2. The Kier molecular flexibility index (Phi) is 4.24. The first-order valence-corrected chi connectivity index (χ1v) is 8.04. The van der Waals surface area contributed by atoms with Gasteiger partial charge in [-0.2, -0.15) is 0 Å². The molecule has 2 aromatic rings. The predicted octanol–water partition coefficient (Wildman–Crippen LogP) is 3.48. The number of rotatable bonds is 4. The van der Waals surface area contributed by atoms with Gasteiger partial charge in [0.05, 0.1) is 5.56 Å². The zero-order valence-electron chi connectivity index (χ0n) is 13.9. The van der Waals surface area contributed by atoms with Crippen molar-refractivity contribution < 1.29 is 4.42 Å². The number of hydrogen-bond donors (Lipinski definition) is 0. The van der Waals surface area contributed by atoms with Crippen LogP contribution >= 0.6 is 0 Å². The third kappa shape index (κ3) is 3.02. The van der Waals surface area contributed by atoms with E-state index in [1.54, 1.807) is 0 Å². The summed E-state index contributed by atoms with van der Waals surface area (Å²) in [5, 5.41) is 0.948. The molecular formula is C19H22N2O2. The van der Waals surface area contributed by atoms with Gasteiger partial charge in [-0.25, -0.2) is 4.79 Å². The monoisotopic (exact) mass is 310 g/mol. The van der Waals surface area contributed by atoms with Crippen molar-refractivity contribution in [3.8, 4) is 0 Å². The molecule has 0 spiro atoms. The highest BCUT2D eigenvalue weighted by molar-refractivity contribution is 5.85. The van der Waals surface area contributed by atoms with E-state index >= 15 is 0 Å². The molecule has 4 nitrogen and oxygen atoms in total. The standard InChI is InChI=1S/C19H22N2O2/c1-4-21(5-2)16-7-6-15-12-17(19(22)23-18(15)13-16)14-8-10-20(3)11-9-14/h6-10,12-13H,4-5,11H2,1-3H3. The second kappa shape index (κ2) is 6.32. The molecule has 0 saturated heterocycles. The highest BCUT2D eigenvalue weighted by Gasteiger charge is 2.12. The van der Waals surface area contributed by atoms with Crippen LogP contribution in [0.4, 0.5) is 5.69 Å². The van der Waals surface area contributed by atoms with Gasteiger partial charge in [-0.05, 0) is 49.9 Å². The second-order valence-electron chi connectivity index (χ2n) is 5.76. The molecule has 23 heavy (non-hydrogen) atoms. The molecule has 0 unspecified atom stereocenters. The topological polar surface area (TPSA) is 36.7 Å². The molecular weight excluding hydrogens is 288 g/mol. The van der Waals surface area contributed by atoms with Gasteiger partial charge >= 0.3 is 5.63 Å². The van der Waals surface area contributed by atoms with Crippen molar-refractivity contribution in [3.05, 3.63) is 58.6 Å². The van der Waals surface area contributed by atoms with Gasteiger partial charge in [-0.1, -0.05) is 6.08 Å². The van der Waals surface area contributed by atoms with Crippen LogP contribution in [-0.2, 0) is 0 Å². The van der Waals surface area contributed by atoms with E-state index < -0.39 is 0 Å². The van der Waals surface area contributed by atoms with Crippen molar-refractivity contribution in [1.82, 2.24) is 4.90 Å². The van der Waals surface area contributed by atoms with E-state index in [2.05, 4.69) is 29.7 Å². The Morgan fingerprint density at radius 3 is 2.65 bits per heavy atom. The van der Waals surface area contributed by atoms with Crippen LogP contribution in [-0.4, -0.2) is 31.6 Å². The van der Waals surface area contributed by atoms with Crippen LogP contribution < -0.4 is 10.5 Å². The predicted molar refractivity (Wildman–Crippen MR) is 95.8 cm³/mol. The largest absolute Gasteiger partial charge is 0.422 e. The van der Waals surface area contributed by atoms with Gasteiger partial charge in [0, 0.05) is 43.8 Å². The van der Waals surface area contributed by atoms with Gasteiger partial charge in [0.2, 0.25) is 0 Å². The average molecular weight is 310 g/mol. The lowest BCUT2D eigenvalue weighted by Crippen LogP contribution is -2.21. The molecule has 1 aliphatic rings. The summed E-state index contributed by atoms with van der Waals surface area (Å²) in [6, 6.07) is 7.98. The van der Waals surface area contributed by atoms with Gasteiger partial charge in [0.15, 0.2) is 0 Å². The maximum absolute atomic E-state index is 12.4.